The zero-order valence-electron chi connectivity index (χ0n) is 27.4. The van der Waals surface area contributed by atoms with Crippen molar-refractivity contribution in [1.82, 2.24) is 9.97 Å². The minimum atomic E-state index is 1.02. The van der Waals surface area contributed by atoms with E-state index in [0.717, 1.165) is 67.5 Å². The van der Waals surface area contributed by atoms with Crippen molar-refractivity contribution in [2.75, 3.05) is 9.80 Å². The topological polar surface area (TPSA) is 32.3 Å². The summed E-state index contributed by atoms with van der Waals surface area (Å²) in [7, 11) is 0. The van der Waals surface area contributed by atoms with E-state index in [1.807, 2.05) is 49.1 Å². The van der Waals surface area contributed by atoms with Crippen LogP contribution in [0.25, 0.3) is 33.4 Å². The minimum Gasteiger partial charge on any atom is -0.311 e. The maximum Gasteiger partial charge on any atom is 0.0462 e. The average Bonchev–Trinajstić information content (AvgIpc) is 3.20. The van der Waals surface area contributed by atoms with Gasteiger partial charge in [-0.15, -0.1) is 0 Å². The molecule has 0 aliphatic carbocycles. The summed E-state index contributed by atoms with van der Waals surface area (Å²) in [6.07, 6.45) is 7.66. The second kappa shape index (κ2) is 14.1. The molecule has 50 heavy (non-hydrogen) atoms. The Kier molecular flexibility index (Phi) is 8.64. The van der Waals surface area contributed by atoms with E-state index < -0.39 is 0 Å². The molecule has 2 aromatic heterocycles. The Labute approximate surface area is 293 Å². The second-order valence-corrected chi connectivity index (χ2v) is 12.0. The lowest BCUT2D eigenvalue weighted by molar-refractivity contribution is 1.28. The highest BCUT2D eigenvalue weighted by Gasteiger charge is 2.14. The first kappa shape index (κ1) is 30.5. The molecule has 0 atom stereocenters. The highest BCUT2D eigenvalue weighted by atomic mass is 15.1. The maximum absolute atomic E-state index is 4.64. The van der Waals surface area contributed by atoms with E-state index in [1.165, 1.54) is 0 Å². The Balaban J connectivity index is 1.06. The molecule has 6 aromatic carbocycles. The van der Waals surface area contributed by atoms with Crippen LogP contribution in [0.3, 0.4) is 0 Å². The number of benzene rings is 6. The van der Waals surface area contributed by atoms with Gasteiger partial charge in [-0.2, -0.15) is 0 Å². The fraction of sp³-hybridized carbons (Fsp3) is 0. The van der Waals surface area contributed by atoms with Crippen LogP contribution in [0.4, 0.5) is 34.1 Å². The number of aromatic nitrogens is 2. The smallest absolute Gasteiger partial charge is 0.0462 e. The van der Waals surface area contributed by atoms with Gasteiger partial charge in [-0.1, -0.05) is 97.1 Å². The van der Waals surface area contributed by atoms with Crippen molar-refractivity contribution >= 4 is 34.1 Å². The summed E-state index contributed by atoms with van der Waals surface area (Å²) in [5.41, 5.74) is 13.0. The van der Waals surface area contributed by atoms with E-state index in [4.69, 9.17) is 0 Å². The number of hydrogen-bond donors (Lipinski definition) is 0. The standard InChI is InChI=1S/C46H34N4/c1-5-13-41(14-6-1)49(42-15-7-2-8-16-42)45-25-21-35(22-26-45)37-29-39(33-47-31-37)40-30-38(32-48-34-40)36-23-27-46(28-24-36)50(43-17-9-3-10-18-43)44-19-11-4-12-20-44/h1-34H. The van der Waals surface area contributed by atoms with Crippen LogP contribution in [-0.2, 0) is 0 Å². The van der Waals surface area contributed by atoms with Crippen LogP contribution in [0, 0.1) is 0 Å². The van der Waals surface area contributed by atoms with Crippen molar-refractivity contribution in [2.24, 2.45) is 0 Å². The summed E-state index contributed by atoms with van der Waals surface area (Å²) >= 11 is 0. The van der Waals surface area contributed by atoms with Crippen LogP contribution in [0.1, 0.15) is 0 Å². The predicted molar refractivity (Wildman–Crippen MR) is 208 cm³/mol. The monoisotopic (exact) mass is 642 g/mol. The Morgan fingerprint density at radius 1 is 0.240 bits per heavy atom. The maximum atomic E-state index is 4.64. The number of pyridine rings is 2. The summed E-state index contributed by atoms with van der Waals surface area (Å²) in [4.78, 5) is 13.8. The Morgan fingerprint density at radius 2 is 0.480 bits per heavy atom. The van der Waals surface area contributed by atoms with E-state index in [-0.39, 0.29) is 0 Å². The normalized spacial score (nSPS) is 10.8. The molecule has 238 valence electrons. The molecule has 4 nitrogen and oxygen atoms in total. The third-order valence-corrected chi connectivity index (χ3v) is 8.79. The predicted octanol–water partition coefficient (Wildman–Crippen LogP) is 12.4. The molecule has 0 unspecified atom stereocenters. The van der Waals surface area contributed by atoms with Gasteiger partial charge in [0, 0.05) is 81.2 Å². The quantitative estimate of drug-likeness (QED) is 0.157. The van der Waals surface area contributed by atoms with Gasteiger partial charge in [0.25, 0.3) is 0 Å². The second-order valence-electron chi connectivity index (χ2n) is 12.0. The van der Waals surface area contributed by atoms with Crippen molar-refractivity contribution in [1.29, 1.82) is 0 Å². The molecule has 0 N–H and O–H groups in total. The highest BCUT2D eigenvalue weighted by Crippen LogP contribution is 2.37. The molecule has 0 aliphatic rings. The summed E-state index contributed by atoms with van der Waals surface area (Å²) in [6, 6.07) is 63.5. The molecule has 0 spiro atoms. The van der Waals surface area contributed by atoms with Crippen LogP contribution >= 0.6 is 0 Å². The van der Waals surface area contributed by atoms with Gasteiger partial charge in [0.15, 0.2) is 0 Å². The molecule has 0 saturated carbocycles. The van der Waals surface area contributed by atoms with E-state index in [0.29, 0.717) is 0 Å². The third kappa shape index (κ3) is 6.51. The summed E-state index contributed by atoms with van der Waals surface area (Å²) in [5, 5.41) is 0. The van der Waals surface area contributed by atoms with Crippen LogP contribution in [0.2, 0.25) is 0 Å². The zero-order chi connectivity index (χ0) is 33.5. The molecule has 4 heteroatoms. The minimum absolute atomic E-state index is 1.02. The number of anilines is 6. The van der Waals surface area contributed by atoms with E-state index >= 15 is 0 Å². The number of rotatable bonds is 9. The first-order valence-electron chi connectivity index (χ1n) is 16.7. The molecule has 0 bridgehead atoms. The van der Waals surface area contributed by atoms with Crippen molar-refractivity contribution in [3.05, 3.63) is 207 Å². The number of para-hydroxylation sites is 4. The Bertz CT molecular complexity index is 2040. The molecule has 8 aromatic rings. The van der Waals surface area contributed by atoms with Gasteiger partial charge >= 0.3 is 0 Å². The van der Waals surface area contributed by atoms with Gasteiger partial charge < -0.3 is 9.80 Å². The highest BCUT2D eigenvalue weighted by molar-refractivity contribution is 5.81. The van der Waals surface area contributed by atoms with Crippen LogP contribution in [-0.4, -0.2) is 9.97 Å². The molecule has 0 saturated heterocycles. The van der Waals surface area contributed by atoms with Crippen molar-refractivity contribution < 1.29 is 0 Å². The fourth-order valence-electron chi connectivity index (χ4n) is 6.32. The van der Waals surface area contributed by atoms with E-state index in [1.54, 1.807) is 0 Å². The van der Waals surface area contributed by atoms with Gasteiger partial charge in [0.05, 0.1) is 0 Å². The summed E-state index contributed by atoms with van der Waals surface area (Å²) < 4.78 is 0. The molecule has 0 radical (unpaired) electrons. The summed E-state index contributed by atoms with van der Waals surface area (Å²) in [5.74, 6) is 0. The molecular formula is C46H34N4. The average molecular weight is 643 g/mol. The largest absolute Gasteiger partial charge is 0.311 e. The lowest BCUT2D eigenvalue weighted by Gasteiger charge is -2.25. The van der Waals surface area contributed by atoms with Crippen molar-refractivity contribution in [2.45, 2.75) is 0 Å². The van der Waals surface area contributed by atoms with Crippen LogP contribution < -0.4 is 9.80 Å². The first-order valence-corrected chi connectivity index (χ1v) is 16.7. The Hall–Kier alpha value is -6.78. The molecule has 0 amide bonds. The SMILES string of the molecule is c1ccc(N(c2ccccc2)c2ccc(-c3cncc(-c4cncc(-c5ccc(N(c6ccccc6)c6ccccc6)cc5)c4)c3)cc2)cc1. The van der Waals surface area contributed by atoms with E-state index in [2.05, 4.69) is 177 Å². The number of hydrogen-bond acceptors (Lipinski definition) is 4. The fourth-order valence-corrected chi connectivity index (χ4v) is 6.32. The van der Waals surface area contributed by atoms with Gasteiger partial charge in [0.1, 0.15) is 0 Å². The first-order chi connectivity index (χ1) is 24.8. The number of nitrogens with zero attached hydrogens (tertiary/aromatic N) is 4. The van der Waals surface area contributed by atoms with Gasteiger partial charge in [-0.05, 0) is 96.1 Å². The molecule has 8 rings (SSSR count). The van der Waals surface area contributed by atoms with Crippen LogP contribution in [0.5, 0.6) is 0 Å². The van der Waals surface area contributed by atoms with Crippen LogP contribution in [0.15, 0.2) is 207 Å². The summed E-state index contributed by atoms with van der Waals surface area (Å²) in [6.45, 7) is 0. The molecule has 0 aliphatic heterocycles. The van der Waals surface area contributed by atoms with Gasteiger partial charge in [0.2, 0.25) is 0 Å². The molecule has 0 fully saturated rings. The Morgan fingerprint density at radius 3 is 0.760 bits per heavy atom. The zero-order valence-corrected chi connectivity index (χ0v) is 27.4. The van der Waals surface area contributed by atoms with Crippen molar-refractivity contribution in [3.63, 3.8) is 0 Å². The third-order valence-electron chi connectivity index (χ3n) is 8.79. The molecular weight excluding hydrogens is 609 g/mol. The van der Waals surface area contributed by atoms with Crippen molar-refractivity contribution in [3.8, 4) is 33.4 Å². The van der Waals surface area contributed by atoms with Gasteiger partial charge in [-0.3, -0.25) is 9.97 Å². The van der Waals surface area contributed by atoms with E-state index in [9.17, 15) is 0 Å². The van der Waals surface area contributed by atoms with Gasteiger partial charge in [-0.25, -0.2) is 0 Å². The lowest BCUT2D eigenvalue weighted by Crippen LogP contribution is -2.09. The lowest BCUT2D eigenvalue weighted by atomic mass is 10.00. The molecule has 2 heterocycles.